The summed E-state index contributed by atoms with van der Waals surface area (Å²) in [6.07, 6.45) is 3.43. The van der Waals surface area contributed by atoms with Crippen molar-refractivity contribution in [3.05, 3.63) is 48.3 Å². The van der Waals surface area contributed by atoms with Gasteiger partial charge in [0.1, 0.15) is 0 Å². The van der Waals surface area contributed by atoms with Crippen molar-refractivity contribution in [2.75, 3.05) is 25.7 Å². The van der Waals surface area contributed by atoms with Crippen molar-refractivity contribution in [2.24, 2.45) is 5.92 Å². The first-order valence-corrected chi connectivity index (χ1v) is 9.63. The molecule has 8 heteroatoms. The van der Waals surface area contributed by atoms with E-state index in [0.717, 1.165) is 5.56 Å². The van der Waals surface area contributed by atoms with Gasteiger partial charge in [0.05, 0.1) is 19.8 Å². The number of methoxy groups -OCH3 is 2. The minimum Gasteiger partial charge on any atom is -0.493 e. The summed E-state index contributed by atoms with van der Waals surface area (Å²) in [5, 5.41) is 9.75. The predicted octanol–water partition coefficient (Wildman–Crippen LogP) is 3.92. The predicted molar refractivity (Wildman–Crippen MR) is 109 cm³/mol. The minimum atomic E-state index is -0.210. The van der Waals surface area contributed by atoms with Gasteiger partial charge in [-0.1, -0.05) is 31.3 Å². The van der Waals surface area contributed by atoms with E-state index in [0.29, 0.717) is 33.7 Å². The van der Waals surface area contributed by atoms with E-state index in [1.807, 2.05) is 26.0 Å². The Hall–Kier alpha value is -3.00. The third kappa shape index (κ3) is 4.12. The monoisotopic (exact) mass is 398 g/mol. The molecule has 0 aliphatic heterocycles. The van der Waals surface area contributed by atoms with E-state index < -0.39 is 0 Å². The Morgan fingerprint density at radius 3 is 2.61 bits per heavy atom. The molecule has 3 aromatic rings. The number of benzene rings is 1. The van der Waals surface area contributed by atoms with Crippen LogP contribution in [0.3, 0.4) is 0 Å². The second-order valence-electron chi connectivity index (χ2n) is 6.48. The number of ether oxygens (including phenoxy) is 2. The average molecular weight is 398 g/mol. The van der Waals surface area contributed by atoms with Crippen molar-refractivity contribution in [3.8, 4) is 22.1 Å². The van der Waals surface area contributed by atoms with Crippen LogP contribution in [0.25, 0.3) is 10.6 Å². The van der Waals surface area contributed by atoms with Crippen LogP contribution in [0, 0.1) is 5.92 Å². The van der Waals surface area contributed by atoms with E-state index in [-0.39, 0.29) is 11.8 Å². The molecule has 28 heavy (non-hydrogen) atoms. The highest BCUT2D eigenvalue weighted by Crippen LogP contribution is 2.34. The molecule has 7 nitrogen and oxygen atoms in total. The molecule has 0 radical (unpaired) electrons. The smallest absolute Gasteiger partial charge is 0.264 e. The third-order valence-electron chi connectivity index (χ3n) is 3.98. The number of hydrogen-bond donors (Lipinski definition) is 0. The molecule has 146 valence electrons. The average Bonchev–Trinajstić information content (AvgIpc) is 3.21. The zero-order valence-corrected chi connectivity index (χ0v) is 17.1. The van der Waals surface area contributed by atoms with Crippen LogP contribution in [-0.2, 0) is 0 Å². The molecule has 1 amide bonds. The van der Waals surface area contributed by atoms with Crippen molar-refractivity contribution in [3.63, 3.8) is 0 Å². The molecule has 0 spiro atoms. The summed E-state index contributed by atoms with van der Waals surface area (Å²) in [6, 6.07) is 9.00. The molecular weight excluding hydrogens is 376 g/mol. The molecule has 0 fully saturated rings. The van der Waals surface area contributed by atoms with Crippen LogP contribution in [0.1, 0.15) is 24.2 Å². The lowest BCUT2D eigenvalue weighted by Gasteiger charge is -2.23. The van der Waals surface area contributed by atoms with E-state index in [9.17, 15) is 4.79 Å². The third-order valence-corrected chi connectivity index (χ3v) is 4.98. The van der Waals surface area contributed by atoms with Gasteiger partial charge < -0.3 is 9.47 Å². The molecule has 3 rings (SSSR count). The van der Waals surface area contributed by atoms with E-state index in [4.69, 9.17) is 9.47 Å². The van der Waals surface area contributed by atoms with Gasteiger partial charge in [-0.15, -0.1) is 10.2 Å². The fourth-order valence-electron chi connectivity index (χ4n) is 2.74. The number of carbonyl (C=O) groups excluding carboxylic acids is 1. The molecule has 0 atom stereocenters. The Morgan fingerprint density at radius 1 is 1.14 bits per heavy atom. The van der Waals surface area contributed by atoms with Crippen molar-refractivity contribution in [1.29, 1.82) is 0 Å². The molecule has 0 unspecified atom stereocenters. The van der Waals surface area contributed by atoms with E-state index in [2.05, 4.69) is 15.2 Å². The summed E-state index contributed by atoms with van der Waals surface area (Å²) in [6.45, 7) is 4.60. The van der Waals surface area contributed by atoms with Crippen molar-refractivity contribution >= 4 is 22.4 Å². The van der Waals surface area contributed by atoms with E-state index >= 15 is 0 Å². The largest absolute Gasteiger partial charge is 0.493 e. The Kier molecular flexibility index (Phi) is 6.20. The fraction of sp³-hybridized carbons (Fsp3) is 0.300. The lowest BCUT2D eigenvalue weighted by molar-refractivity contribution is 0.0980. The highest BCUT2D eigenvalue weighted by molar-refractivity contribution is 7.18. The van der Waals surface area contributed by atoms with Gasteiger partial charge in [0.25, 0.3) is 5.91 Å². The number of carbonyl (C=O) groups is 1. The van der Waals surface area contributed by atoms with Gasteiger partial charge >= 0.3 is 0 Å². The summed E-state index contributed by atoms with van der Waals surface area (Å²) in [4.78, 5) is 19.1. The number of anilines is 1. The number of pyridine rings is 1. The van der Waals surface area contributed by atoms with Crippen LogP contribution in [0.4, 0.5) is 5.13 Å². The second-order valence-corrected chi connectivity index (χ2v) is 7.44. The zero-order valence-electron chi connectivity index (χ0n) is 16.2. The minimum absolute atomic E-state index is 0.210. The highest BCUT2D eigenvalue weighted by atomic mass is 32.1. The van der Waals surface area contributed by atoms with Gasteiger partial charge in [0.15, 0.2) is 16.5 Å². The summed E-state index contributed by atoms with van der Waals surface area (Å²) in [7, 11) is 3.07. The molecule has 2 aromatic heterocycles. The number of amides is 1. The molecule has 0 aliphatic carbocycles. The van der Waals surface area contributed by atoms with Crippen LogP contribution in [0.2, 0.25) is 0 Å². The lowest BCUT2D eigenvalue weighted by Crippen LogP contribution is -2.34. The Bertz CT molecular complexity index is 944. The topological polar surface area (TPSA) is 77.4 Å². The number of aromatic nitrogens is 3. The Morgan fingerprint density at radius 2 is 1.96 bits per heavy atom. The van der Waals surface area contributed by atoms with E-state index in [1.165, 1.54) is 18.4 Å². The number of hydrogen-bond acceptors (Lipinski definition) is 7. The van der Waals surface area contributed by atoms with Crippen LogP contribution in [-0.4, -0.2) is 41.9 Å². The summed E-state index contributed by atoms with van der Waals surface area (Å²) in [5.74, 6) is 0.941. The van der Waals surface area contributed by atoms with Gasteiger partial charge in [-0.05, 0) is 30.2 Å². The lowest BCUT2D eigenvalue weighted by atomic mass is 10.1. The first kappa shape index (κ1) is 19.8. The van der Waals surface area contributed by atoms with Gasteiger partial charge in [-0.2, -0.15) is 0 Å². The number of rotatable bonds is 7. The number of para-hydroxylation sites is 1. The summed E-state index contributed by atoms with van der Waals surface area (Å²) in [5.41, 5.74) is 1.28. The maximum atomic E-state index is 13.4. The molecule has 2 heterocycles. The summed E-state index contributed by atoms with van der Waals surface area (Å²) < 4.78 is 10.8. The molecule has 0 aliphatic rings. The standard InChI is InChI=1S/C20H22N4O3S/c1-13(2)12-24(19(25)15-8-5-9-16(26-3)17(15)27-4)20-23-22-18(28-20)14-7-6-10-21-11-14/h5-11,13H,12H2,1-4H3. The van der Waals surface area contributed by atoms with Gasteiger partial charge in [-0.25, -0.2) is 0 Å². The van der Waals surface area contributed by atoms with Gasteiger partial charge in [-0.3, -0.25) is 14.7 Å². The normalized spacial score (nSPS) is 10.8. The number of nitrogens with zero attached hydrogens (tertiary/aromatic N) is 4. The van der Waals surface area contributed by atoms with E-state index in [1.54, 1.807) is 42.6 Å². The second kappa shape index (κ2) is 8.79. The van der Waals surface area contributed by atoms with Crippen LogP contribution in [0.5, 0.6) is 11.5 Å². The van der Waals surface area contributed by atoms with Crippen molar-refractivity contribution in [1.82, 2.24) is 15.2 Å². The molecule has 0 saturated carbocycles. The molecule has 0 N–H and O–H groups in total. The maximum Gasteiger partial charge on any atom is 0.264 e. The molecular formula is C20H22N4O3S. The Balaban J connectivity index is 2.00. The summed E-state index contributed by atoms with van der Waals surface area (Å²) >= 11 is 1.35. The highest BCUT2D eigenvalue weighted by Gasteiger charge is 2.26. The SMILES string of the molecule is COc1cccc(C(=O)N(CC(C)C)c2nnc(-c3cccnc3)s2)c1OC. The van der Waals surface area contributed by atoms with Crippen LogP contribution >= 0.6 is 11.3 Å². The maximum absolute atomic E-state index is 13.4. The quantitative estimate of drug-likeness (QED) is 0.600. The Labute approximate surface area is 168 Å². The van der Waals surface area contributed by atoms with Crippen molar-refractivity contribution in [2.45, 2.75) is 13.8 Å². The van der Waals surface area contributed by atoms with Crippen LogP contribution < -0.4 is 14.4 Å². The first-order chi connectivity index (χ1) is 13.5. The first-order valence-electron chi connectivity index (χ1n) is 8.82. The fourth-order valence-corrected chi connectivity index (χ4v) is 3.59. The molecule has 1 aromatic carbocycles. The molecule has 0 bridgehead atoms. The molecule has 0 saturated heterocycles. The van der Waals surface area contributed by atoms with Gasteiger partial charge in [0.2, 0.25) is 5.13 Å². The zero-order chi connectivity index (χ0) is 20.1. The van der Waals surface area contributed by atoms with Crippen LogP contribution in [0.15, 0.2) is 42.7 Å². The van der Waals surface area contributed by atoms with Crippen molar-refractivity contribution < 1.29 is 14.3 Å². The van der Waals surface area contributed by atoms with Gasteiger partial charge in [0, 0.05) is 24.5 Å².